The van der Waals surface area contributed by atoms with Crippen molar-refractivity contribution >= 4 is 16.8 Å². The van der Waals surface area contributed by atoms with Crippen LogP contribution in [-0.4, -0.2) is 55.3 Å². The molecule has 3 aromatic rings. The number of rotatable bonds is 5. The summed E-state index contributed by atoms with van der Waals surface area (Å²) in [4.78, 5) is 20.2. The highest BCUT2D eigenvalue weighted by molar-refractivity contribution is 5.83. The Kier molecular flexibility index (Phi) is 4.60. The molecule has 7 heteroatoms. The minimum atomic E-state index is 0.255. The Hall–Kier alpha value is -2.67. The number of hydrogen-bond donors (Lipinski definition) is 1. The fraction of sp³-hybridized carbons (Fsp3) is 0.476. The molecular formula is C21H26N6O. The first-order chi connectivity index (χ1) is 13.8. The Labute approximate surface area is 164 Å². The number of nitrogens with zero attached hydrogens (tertiary/aromatic N) is 5. The molecule has 28 heavy (non-hydrogen) atoms. The molecule has 146 valence electrons. The van der Waals surface area contributed by atoms with E-state index in [9.17, 15) is 4.79 Å². The molecule has 2 aromatic heterocycles. The summed E-state index contributed by atoms with van der Waals surface area (Å²) in [7, 11) is 0. The molecule has 0 aliphatic carbocycles. The molecule has 0 bridgehead atoms. The largest absolute Gasteiger partial charge is 0.361 e. The van der Waals surface area contributed by atoms with Gasteiger partial charge in [-0.05, 0) is 24.5 Å². The van der Waals surface area contributed by atoms with Gasteiger partial charge in [-0.1, -0.05) is 23.4 Å². The quantitative estimate of drug-likeness (QED) is 0.740. The van der Waals surface area contributed by atoms with E-state index in [1.54, 1.807) is 0 Å². The lowest BCUT2D eigenvalue weighted by atomic mass is 10.1. The molecule has 0 unspecified atom stereocenters. The van der Waals surface area contributed by atoms with E-state index in [4.69, 9.17) is 0 Å². The Balaban J connectivity index is 1.26. The van der Waals surface area contributed by atoms with Crippen LogP contribution < -0.4 is 0 Å². The van der Waals surface area contributed by atoms with Gasteiger partial charge < -0.3 is 9.88 Å². The van der Waals surface area contributed by atoms with E-state index in [-0.39, 0.29) is 5.91 Å². The van der Waals surface area contributed by atoms with Crippen molar-refractivity contribution in [2.75, 3.05) is 19.6 Å². The van der Waals surface area contributed by atoms with Gasteiger partial charge in [0.2, 0.25) is 5.91 Å². The first-order valence-electron chi connectivity index (χ1n) is 10.2. The summed E-state index contributed by atoms with van der Waals surface area (Å²) in [6, 6.07) is 8.43. The number of likely N-dealkylation sites (tertiary alicyclic amines) is 1. The van der Waals surface area contributed by atoms with Crippen molar-refractivity contribution in [3.8, 4) is 0 Å². The Morgan fingerprint density at radius 2 is 1.96 bits per heavy atom. The van der Waals surface area contributed by atoms with Gasteiger partial charge in [0.05, 0.1) is 17.9 Å². The Bertz CT molecular complexity index is 984. The maximum atomic E-state index is 12.4. The topological polar surface area (TPSA) is 70.0 Å². The van der Waals surface area contributed by atoms with Crippen LogP contribution in [0.5, 0.6) is 0 Å². The molecule has 1 amide bonds. The summed E-state index contributed by atoms with van der Waals surface area (Å²) in [5, 5.41) is 10.00. The van der Waals surface area contributed by atoms with Gasteiger partial charge in [-0.15, -0.1) is 5.10 Å². The zero-order valence-corrected chi connectivity index (χ0v) is 16.1. The van der Waals surface area contributed by atoms with E-state index < -0.39 is 0 Å². The van der Waals surface area contributed by atoms with Crippen molar-refractivity contribution in [1.29, 1.82) is 0 Å². The predicted molar refractivity (Wildman–Crippen MR) is 107 cm³/mol. The second-order valence-electron chi connectivity index (χ2n) is 7.86. The second-order valence-corrected chi connectivity index (χ2v) is 7.86. The maximum Gasteiger partial charge on any atom is 0.222 e. The summed E-state index contributed by atoms with van der Waals surface area (Å²) in [5.41, 5.74) is 4.65. The monoisotopic (exact) mass is 378 g/mol. The Morgan fingerprint density at radius 3 is 2.86 bits per heavy atom. The van der Waals surface area contributed by atoms with Crippen molar-refractivity contribution in [3.05, 3.63) is 47.4 Å². The van der Waals surface area contributed by atoms with Gasteiger partial charge in [-0.3, -0.25) is 9.69 Å². The third-order valence-corrected chi connectivity index (χ3v) is 6.02. The molecule has 0 radical (unpaired) electrons. The van der Waals surface area contributed by atoms with E-state index in [1.165, 1.54) is 22.2 Å². The van der Waals surface area contributed by atoms with E-state index >= 15 is 0 Å². The van der Waals surface area contributed by atoms with E-state index in [0.29, 0.717) is 12.8 Å². The molecule has 0 saturated carbocycles. The summed E-state index contributed by atoms with van der Waals surface area (Å²) in [5.74, 6) is 0.255. The number of aromatic amines is 1. The van der Waals surface area contributed by atoms with Crippen LogP contribution in [0.2, 0.25) is 0 Å². The van der Waals surface area contributed by atoms with Gasteiger partial charge in [0.15, 0.2) is 0 Å². The van der Waals surface area contributed by atoms with Crippen LogP contribution in [0.3, 0.4) is 0 Å². The van der Waals surface area contributed by atoms with Crippen molar-refractivity contribution in [3.63, 3.8) is 0 Å². The van der Waals surface area contributed by atoms with Crippen LogP contribution in [0.1, 0.15) is 36.2 Å². The van der Waals surface area contributed by atoms with Crippen LogP contribution in [-0.2, 0) is 30.8 Å². The first kappa shape index (κ1) is 17.4. The molecule has 1 aromatic carbocycles. The fourth-order valence-corrected chi connectivity index (χ4v) is 4.43. The third kappa shape index (κ3) is 3.30. The summed E-state index contributed by atoms with van der Waals surface area (Å²) < 4.78 is 2.02. The molecule has 4 heterocycles. The Morgan fingerprint density at radius 1 is 1.11 bits per heavy atom. The number of benzene rings is 1. The second kappa shape index (κ2) is 7.39. The van der Waals surface area contributed by atoms with Crippen LogP contribution in [0.4, 0.5) is 0 Å². The minimum absolute atomic E-state index is 0.255. The molecule has 2 aliphatic rings. The van der Waals surface area contributed by atoms with E-state index in [1.807, 2.05) is 9.58 Å². The average Bonchev–Trinajstić information content (AvgIpc) is 3.47. The molecular weight excluding hydrogens is 352 g/mol. The molecule has 1 saturated heterocycles. The average molecular weight is 378 g/mol. The first-order valence-corrected chi connectivity index (χ1v) is 10.2. The smallest absolute Gasteiger partial charge is 0.222 e. The standard InChI is InChI=1S/C21H26N6O/c28-21(26-9-3-4-10-26)8-7-19-20-15-25(11-12-27(20)24-23-19)14-16-13-22-18-6-2-1-5-17(16)18/h1-2,5-6,13,22H,3-4,7-12,14-15H2. The lowest BCUT2D eigenvalue weighted by Gasteiger charge is -2.27. The van der Waals surface area contributed by atoms with Gasteiger partial charge in [0, 0.05) is 62.7 Å². The third-order valence-electron chi connectivity index (χ3n) is 6.02. The molecule has 2 aliphatic heterocycles. The van der Waals surface area contributed by atoms with Crippen LogP contribution in [0.15, 0.2) is 30.5 Å². The molecule has 1 fully saturated rings. The highest BCUT2D eigenvalue weighted by atomic mass is 16.2. The normalized spacial score (nSPS) is 17.4. The number of aryl methyl sites for hydroxylation is 1. The summed E-state index contributed by atoms with van der Waals surface area (Å²) in [6.45, 7) is 5.38. The number of hydrogen-bond acceptors (Lipinski definition) is 4. The number of amides is 1. The highest BCUT2D eigenvalue weighted by Crippen LogP contribution is 2.23. The van der Waals surface area contributed by atoms with Crippen LogP contribution >= 0.6 is 0 Å². The predicted octanol–water partition coefficient (Wildman–Crippen LogP) is 2.33. The molecule has 0 atom stereocenters. The number of aromatic nitrogens is 4. The molecule has 5 rings (SSSR count). The van der Waals surface area contributed by atoms with Crippen LogP contribution in [0.25, 0.3) is 10.9 Å². The molecule has 1 N–H and O–H groups in total. The lowest BCUT2D eigenvalue weighted by Crippen LogP contribution is -2.34. The number of carbonyl (C=O) groups excluding carboxylic acids is 1. The van der Waals surface area contributed by atoms with Gasteiger partial charge in [0.25, 0.3) is 0 Å². The minimum Gasteiger partial charge on any atom is -0.361 e. The number of fused-ring (bicyclic) bond motifs is 2. The van der Waals surface area contributed by atoms with Crippen molar-refractivity contribution in [1.82, 2.24) is 29.8 Å². The number of para-hydroxylation sites is 1. The van der Waals surface area contributed by atoms with Gasteiger partial charge >= 0.3 is 0 Å². The summed E-state index contributed by atoms with van der Waals surface area (Å²) in [6.07, 6.45) is 5.61. The van der Waals surface area contributed by atoms with Gasteiger partial charge in [-0.25, -0.2) is 4.68 Å². The molecule has 0 spiro atoms. The zero-order valence-electron chi connectivity index (χ0n) is 16.1. The van der Waals surface area contributed by atoms with Crippen molar-refractivity contribution in [2.24, 2.45) is 0 Å². The molecule has 7 nitrogen and oxygen atoms in total. The number of H-pyrrole nitrogens is 1. The number of carbonyl (C=O) groups is 1. The lowest BCUT2D eigenvalue weighted by molar-refractivity contribution is -0.130. The summed E-state index contributed by atoms with van der Waals surface area (Å²) >= 11 is 0. The van der Waals surface area contributed by atoms with Gasteiger partial charge in [-0.2, -0.15) is 0 Å². The fourth-order valence-electron chi connectivity index (χ4n) is 4.43. The van der Waals surface area contributed by atoms with Crippen molar-refractivity contribution in [2.45, 2.75) is 45.3 Å². The SMILES string of the molecule is O=C(CCc1nnn2c1CN(Cc1c[nH]c3ccccc13)CC2)N1CCCC1. The zero-order chi connectivity index (χ0) is 18.9. The van der Waals surface area contributed by atoms with Crippen LogP contribution in [0, 0.1) is 0 Å². The van der Waals surface area contributed by atoms with E-state index in [0.717, 1.165) is 57.8 Å². The maximum absolute atomic E-state index is 12.4. The number of nitrogens with one attached hydrogen (secondary N) is 1. The van der Waals surface area contributed by atoms with Crippen molar-refractivity contribution < 1.29 is 4.79 Å². The highest BCUT2D eigenvalue weighted by Gasteiger charge is 2.24. The van der Waals surface area contributed by atoms with E-state index in [2.05, 4.69) is 50.7 Å². The van der Waals surface area contributed by atoms with Gasteiger partial charge in [0.1, 0.15) is 0 Å².